The SMILES string of the molecule is CN[C@H](CC(C)C)C(=O)N[C@H]1C(=O)N[C@@H](CC(N)=O)C(=O)N[C@H](C)C(=O)NC2C(=O)N[C@H](C(=O)N[C@@H](C(=O)O)c3cc(O)cc(O)c3-c3cc2ccc3O)[C@H](O)c2ccc(c(Cl)c2)Oc2cccc(c2OC2OC(COS(=O)(=O)c3c(C)cc(C)cc3C)C(O)C(O)C2OC2CC(C)(NCc3ccc(-c4ccc(Cl)cc4)cc3)C(O)C(C)O2)Oc2ccc(cc2Cl)[C@H]1O. The smallest absolute Gasteiger partial charge is 0.330 e. The van der Waals surface area contributed by atoms with E-state index < -0.39 is 230 Å². The maximum absolute atomic E-state index is 15.3. The van der Waals surface area contributed by atoms with Crippen molar-refractivity contribution >= 4 is 92.2 Å². The van der Waals surface area contributed by atoms with Gasteiger partial charge in [0.15, 0.2) is 29.9 Å². The summed E-state index contributed by atoms with van der Waals surface area (Å²) >= 11 is 20.5. The Morgan fingerprint density at radius 1 is 0.664 bits per heavy atom. The van der Waals surface area contributed by atoms with Crippen LogP contribution in [0.25, 0.3) is 22.3 Å². The number of phenolic OH excluding ortho intramolecular Hbond substituents is 3. The number of rotatable bonds is 20. The molecule has 2 fully saturated rings. The van der Waals surface area contributed by atoms with Crippen molar-refractivity contribution in [1.29, 1.82) is 0 Å². The maximum Gasteiger partial charge on any atom is 0.330 e. The Morgan fingerprint density at radius 3 is 1.87 bits per heavy atom. The number of carbonyl (C=O) groups is 8. The standard InChI is InChI=1S/C89H98Cl3N9O26S/c1-39(2)27-57(94-9)82(112)100-71-73(106)49-20-25-61(55(91)31-49)123-63-11-10-12-64(77(63)127-88-78(76(109)75(108)65(125-88)38-121-128(119,120)79-41(4)28-40(3)29-42(79)5)126-67-36-89(8,80(110)44(7)122-67)95-37-45-13-15-46(16-14-45)47-17-22-51(90)23-18-47)124-62-26-21-50(32-56(62)92)74(107)72-86(116)99-70(87(117)118)54-33-52(102)34-60(104)68(54)53-30-48(19-24-59(53)103)69(84(114)101-72)98-81(111)43(6)96-83(113)58(35-66(93)105)97-85(71)115/h10-26,28-34,39,43-44,57-58,65,67,69-76,78,80,88,94-95,102-104,106-110H,27,35-38H2,1-9H3,(H2,93,105)(H,96,113)(H,97,115)(H,98,111)(H,99,116)(H,100,112)(H,101,114)(H,117,118)/t43-,44?,57-,58+,65?,67?,69?,70-,71-,72+,73-,74-,75?,76?,78?,80?,88?,89?/m1/s1. The number of halogens is 3. The number of benzene rings is 8. The van der Waals surface area contributed by atoms with Gasteiger partial charge < -0.3 is 123 Å². The van der Waals surface area contributed by atoms with Crippen LogP contribution in [-0.2, 0) is 73.4 Å². The molecule has 0 spiro atoms. The topological polar surface area (TPSA) is 540 Å². The molecule has 0 aromatic heterocycles. The number of likely N-dealkylation sites (N-methyl/N-ethyl adjacent to an activating group) is 1. The zero-order valence-corrected chi connectivity index (χ0v) is 73.5. The Hall–Kier alpha value is -11.3. The summed E-state index contributed by atoms with van der Waals surface area (Å²) in [7, 11) is -3.25. The van der Waals surface area contributed by atoms with Crippen LogP contribution in [0.15, 0.2) is 150 Å². The number of para-hydroxylation sites is 1. The third-order valence-corrected chi connectivity index (χ3v) is 24.8. The lowest BCUT2D eigenvalue weighted by atomic mass is 9.84. The third kappa shape index (κ3) is 21.8. The molecule has 39 heteroatoms. The van der Waals surface area contributed by atoms with Crippen LogP contribution in [0.4, 0.5) is 0 Å². The zero-order chi connectivity index (χ0) is 93.0. The minimum Gasteiger partial charge on any atom is -0.508 e. The number of carbonyl (C=O) groups excluding carboxylic acids is 7. The van der Waals surface area contributed by atoms with Crippen molar-refractivity contribution in [3.05, 3.63) is 205 Å². The van der Waals surface area contributed by atoms with E-state index in [2.05, 4.69) is 42.5 Å². The molecular formula is C89H98Cl3N9O26S. The Balaban J connectivity index is 0.986. The first-order valence-electron chi connectivity index (χ1n) is 40.6. The number of aliphatic hydroxyl groups excluding tert-OH is 5. The maximum atomic E-state index is 15.3. The average molecular weight is 1850 g/mol. The number of aromatic hydroxyl groups is 3. The Kier molecular flexibility index (Phi) is 30.1. The molecule has 0 aliphatic carbocycles. The molecule has 2 saturated heterocycles. The first-order chi connectivity index (χ1) is 60.5. The van der Waals surface area contributed by atoms with Gasteiger partial charge in [0.1, 0.15) is 89.5 Å². The first kappa shape index (κ1) is 95.8. The molecule has 14 rings (SSSR count). The van der Waals surface area contributed by atoms with Gasteiger partial charge in [-0.1, -0.05) is 127 Å². The fourth-order valence-electron chi connectivity index (χ4n) is 15.8. The summed E-state index contributed by atoms with van der Waals surface area (Å²) < 4.78 is 74.0. The second-order valence-corrected chi connectivity index (χ2v) is 35.3. The quantitative estimate of drug-likeness (QED) is 0.0344. The molecule has 19 N–H and O–H groups in total. The second kappa shape index (κ2) is 40.2. The van der Waals surface area contributed by atoms with E-state index in [1.54, 1.807) is 58.9 Å². The molecule has 128 heavy (non-hydrogen) atoms. The molecule has 35 nitrogen and oxygen atoms in total. The van der Waals surface area contributed by atoms with Crippen molar-refractivity contribution in [2.75, 3.05) is 13.7 Å². The summed E-state index contributed by atoms with van der Waals surface area (Å²) in [5, 5.41) is 127. The van der Waals surface area contributed by atoms with Crippen LogP contribution in [0.3, 0.4) is 0 Å². The van der Waals surface area contributed by atoms with Gasteiger partial charge in [-0.3, -0.25) is 37.7 Å². The lowest BCUT2D eigenvalue weighted by Crippen LogP contribution is -2.65. The summed E-state index contributed by atoms with van der Waals surface area (Å²) in [6.45, 7) is 12.1. The van der Waals surface area contributed by atoms with E-state index in [0.29, 0.717) is 16.1 Å². The van der Waals surface area contributed by atoms with Gasteiger partial charge in [0.2, 0.25) is 53.4 Å². The number of carboxylic acid groups (broad SMARTS) is 1. The summed E-state index contributed by atoms with van der Waals surface area (Å²) in [6.07, 6.45) is -19.2. The Labute approximate surface area is 749 Å². The summed E-state index contributed by atoms with van der Waals surface area (Å²) in [5.41, 5.74) is 6.02. The highest BCUT2D eigenvalue weighted by atomic mass is 35.5. The number of aryl methyl sites for hydroxylation is 3. The van der Waals surface area contributed by atoms with Crippen molar-refractivity contribution in [3.63, 3.8) is 0 Å². The van der Waals surface area contributed by atoms with E-state index in [4.69, 9.17) is 73.1 Å². The summed E-state index contributed by atoms with van der Waals surface area (Å²) in [6, 6.07) is 20.1. The summed E-state index contributed by atoms with van der Waals surface area (Å²) in [4.78, 5) is 115. The van der Waals surface area contributed by atoms with Crippen LogP contribution in [0, 0.1) is 26.7 Å². The van der Waals surface area contributed by atoms with Gasteiger partial charge in [0, 0.05) is 46.3 Å². The van der Waals surface area contributed by atoms with Gasteiger partial charge in [-0.2, -0.15) is 8.42 Å². The fraction of sp³-hybridized carbons (Fsp3) is 0.371. The van der Waals surface area contributed by atoms with Crippen molar-refractivity contribution in [2.24, 2.45) is 11.7 Å². The molecule has 8 aromatic rings. The molecular weight excluding hydrogens is 1750 g/mol. The highest BCUT2D eigenvalue weighted by molar-refractivity contribution is 7.86. The number of hydrogen-bond acceptors (Lipinski definition) is 27. The van der Waals surface area contributed by atoms with Gasteiger partial charge in [-0.25, -0.2) is 4.79 Å². The van der Waals surface area contributed by atoms with Crippen LogP contribution >= 0.6 is 34.8 Å². The monoisotopic (exact) mass is 1850 g/mol. The first-order valence-corrected chi connectivity index (χ1v) is 43.1. The van der Waals surface area contributed by atoms with Crippen LogP contribution in [0.5, 0.6) is 46.0 Å². The average Bonchev–Trinajstić information content (AvgIpc) is 0.767. The van der Waals surface area contributed by atoms with Gasteiger partial charge in [0.25, 0.3) is 10.1 Å². The molecule has 18 atom stereocenters. The van der Waals surface area contributed by atoms with Crippen molar-refractivity contribution in [2.45, 2.75) is 195 Å². The molecule has 7 amide bonds. The summed E-state index contributed by atoms with van der Waals surface area (Å²) in [5.74, 6) is -15.0. The molecule has 6 aliphatic heterocycles. The largest absolute Gasteiger partial charge is 0.508 e. The fourth-order valence-corrected chi connectivity index (χ4v) is 17.7. The number of carboxylic acids is 1. The van der Waals surface area contributed by atoms with Crippen molar-refractivity contribution in [3.8, 4) is 68.2 Å². The van der Waals surface area contributed by atoms with Gasteiger partial charge in [-0.15, -0.1) is 0 Å². The highest BCUT2D eigenvalue weighted by Gasteiger charge is 2.53. The number of aliphatic carboxylic acids is 1. The molecule has 6 aliphatic rings. The van der Waals surface area contributed by atoms with Crippen LogP contribution in [0.2, 0.25) is 15.1 Å². The number of nitrogens with two attached hydrogens (primary N) is 1. The van der Waals surface area contributed by atoms with E-state index in [0.717, 1.165) is 83.8 Å². The molecule has 6 heterocycles. The molecule has 0 radical (unpaired) electrons. The number of amides is 7. The molecule has 10 bridgehead atoms. The number of phenols is 3. The third-order valence-electron chi connectivity index (χ3n) is 22.4. The number of ether oxygens (including phenoxy) is 6. The molecule has 8 aromatic carbocycles. The number of fused-ring (bicyclic) bond motifs is 6. The lowest BCUT2D eigenvalue weighted by Gasteiger charge is -2.48. The minimum absolute atomic E-state index is 0.135. The second-order valence-electron chi connectivity index (χ2n) is 32.5. The zero-order valence-electron chi connectivity index (χ0n) is 70.4. The van der Waals surface area contributed by atoms with E-state index in [1.165, 1.54) is 37.4 Å². The Bertz CT molecular complexity index is 5640. The highest BCUT2D eigenvalue weighted by Crippen LogP contribution is 2.49. The van der Waals surface area contributed by atoms with E-state index >= 15 is 14.4 Å². The predicted octanol–water partition coefficient (Wildman–Crippen LogP) is 6.93. The van der Waals surface area contributed by atoms with Crippen molar-refractivity contribution in [1.82, 2.24) is 42.5 Å². The molecule has 10 unspecified atom stereocenters. The normalized spacial score (nSPS) is 25.7. The molecule has 0 saturated carbocycles. The van der Waals surface area contributed by atoms with E-state index in [9.17, 15) is 78.3 Å². The van der Waals surface area contributed by atoms with Gasteiger partial charge in [0.05, 0.1) is 46.2 Å². The lowest BCUT2D eigenvalue weighted by molar-refractivity contribution is -0.334. The van der Waals surface area contributed by atoms with Crippen LogP contribution < -0.4 is 62.5 Å². The van der Waals surface area contributed by atoms with E-state index in [-0.39, 0.29) is 69.2 Å². The number of primary amides is 1. The van der Waals surface area contributed by atoms with Crippen molar-refractivity contribution < 1.29 is 125 Å². The minimum atomic E-state index is -4.72. The van der Waals surface area contributed by atoms with Crippen LogP contribution in [0.1, 0.15) is 123 Å². The number of nitrogens with one attached hydrogen (secondary N) is 8. The van der Waals surface area contributed by atoms with E-state index in [1.807, 2.05) is 50.2 Å². The Morgan fingerprint density at radius 2 is 1.27 bits per heavy atom. The molecule has 682 valence electrons. The van der Waals surface area contributed by atoms with Gasteiger partial charge >= 0.3 is 5.97 Å². The number of hydrogen-bond donors (Lipinski definition) is 18. The van der Waals surface area contributed by atoms with Crippen LogP contribution in [-0.4, -0.2) is 200 Å². The number of aliphatic hydroxyl groups is 5. The predicted molar refractivity (Wildman–Crippen MR) is 462 cm³/mol. The van der Waals surface area contributed by atoms with Gasteiger partial charge in [-0.05, 0) is 172 Å².